The van der Waals surface area contributed by atoms with Crippen molar-refractivity contribution in [1.29, 1.82) is 0 Å². The van der Waals surface area contributed by atoms with Crippen molar-refractivity contribution < 1.29 is 27.9 Å². The first-order valence-corrected chi connectivity index (χ1v) is 5.23. The molecule has 98 valence electrons. The van der Waals surface area contributed by atoms with Gasteiger partial charge in [0.2, 0.25) is 5.91 Å². The summed E-state index contributed by atoms with van der Waals surface area (Å²) >= 11 is 0. The lowest BCUT2D eigenvalue weighted by Crippen LogP contribution is -2.34. The predicted octanol–water partition coefficient (Wildman–Crippen LogP) is 1.36. The highest BCUT2D eigenvalue weighted by Gasteiger charge is 2.53. The first-order valence-electron chi connectivity index (χ1n) is 5.23. The highest BCUT2D eigenvalue weighted by molar-refractivity contribution is 5.80. The van der Waals surface area contributed by atoms with Gasteiger partial charge in [0.05, 0.1) is 11.8 Å². The number of aliphatic carboxylic acids is 1. The number of carboxylic acid groups (broad SMARTS) is 1. The Labute approximate surface area is 96.4 Å². The number of rotatable bonds is 2. The molecule has 1 amide bonds. The molecule has 1 rings (SSSR count). The van der Waals surface area contributed by atoms with Crippen LogP contribution in [0.4, 0.5) is 13.2 Å². The standard InChI is InChI=1S/C10H14F3NO3/c1-5(2)8(15)14-3-6(9(16)17)7(4-14)10(11,12)13/h5-7H,3-4H2,1-2H3,(H,16,17)/t6-,7-/m0/s1. The van der Waals surface area contributed by atoms with Gasteiger partial charge < -0.3 is 10.0 Å². The first-order chi connectivity index (χ1) is 7.64. The summed E-state index contributed by atoms with van der Waals surface area (Å²) < 4.78 is 37.8. The van der Waals surface area contributed by atoms with E-state index >= 15 is 0 Å². The molecule has 0 aromatic heterocycles. The van der Waals surface area contributed by atoms with Crippen LogP contribution < -0.4 is 0 Å². The minimum atomic E-state index is -4.59. The Morgan fingerprint density at radius 1 is 1.29 bits per heavy atom. The largest absolute Gasteiger partial charge is 0.481 e. The van der Waals surface area contributed by atoms with Crippen molar-refractivity contribution in [2.24, 2.45) is 17.8 Å². The van der Waals surface area contributed by atoms with Crippen LogP contribution in [0.2, 0.25) is 0 Å². The van der Waals surface area contributed by atoms with Crippen LogP contribution in [0.5, 0.6) is 0 Å². The van der Waals surface area contributed by atoms with Gasteiger partial charge in [-0.15, -0.1) is 0 Å². The van der Waals surface area contributed by atoms with E-state index in [0.717, 1.165) is 4.90 Å². The number of nitrogens with zero attached hydrogens (tertiary/aromatic N) is 1. The van der Waals surface area contributed by atoms with Gasteiger partial charge in [-0.2, -0.15) is 13.2 Å². The van der Waals surface area contributed by atoms with E-state index in [1.54, 1.807) is 13.8 Å². The van der Waals surface area contributed by atoms with Crippen molar-refractivity contribution in [2.45, 2.75) is 20.0 Å². The van der Waals surface area contributed by atoms with Gasteiger partial charge in [-0.3, -0.25) is 9.59 Å². The summed E-state index contributed by atoms with van der Waals surface area (Å²) in [5.41, 5.74) is 0. The van der Waals surface area contributed by atoms with Crippen LogP contribution in [-0.4, -0.2) is 41.1 Å². The van der Waals surface area contributed by atoms with Crippen molar-refractivity contribution in [3.05, 3.63) is 0 Å². The Kier molecular flexibility index (Phi) is 3.68. The molecule has 0 spiro atoms. The summed E-state index contributed by atoms with van der Waals surface area (Å²) in [4.78, 5) is 23.3. The fraction of sp³-hybridized carbons (Fsp3) is 0.800. The Morgan fingerprint density at radius 3 is 2.12 bits per heavy atom. The van der Waals surface area contributed by atoms with Crippen LogP contribution in [0, 0.1) is 17.8 Å². The topological polar surface area (TPSA) is 57.6 Å². The summed E-state index contributed by atoms with van der Waals surface area (Å²) in [6.07, 6.45) is -4.59. The molecule has 17 heavy (non-hydrogen) atoms. The molecule has 0 saturated carbocycles. The summed E-state index contributed by atoms with van der Waals surface area (Å²) in [6.45, 7) is 2.21. The van der Waals surface area contributed by atoms with Crippen molar-refractivity contribution in [3.8, 4) is 0 Å². The maximum atomic E-state index is 12.6. The zero-order valence-electron chi connectivity index (χ0n) is 9.49. The molecule has 1 fully saturated rings. The van der Waals surface area contributed by atoms with Gasteiger partial charge in [0.25, 0.3) is 0 Å². The highest BCUT2D eigenvalue weighted by atomic mass is 19.4. The Bertz CT molecular complexity index is 327. The molecule has 7 heteroatoms. The number of alkyl halides is 3. The van der Waals surface area contributed by atoms with E-state index in [9.17, 15) is 22.8 Å². The van der Waals surface area contributed by atoms with E-state index in [2.05, 4.69) is 0 Å². The molecule has 1 heterocycles. The molecule has 1 aliphatic rings. The predicted molar refractivity (Wildman–Crippen MR) is 52.1 cm³/mol. The molecule has 0 bridgehead atoms. The lowest BCUT2D eigenvalue weighted by Gasteiger charge is -2.19. The molecular weight excluding hydrogens is 239 g/mol. The molecule has 0 unspecified atom stereocenters. The monoisotopic (exact) mass is 253 g/mol. The smallest absolute Gasteiger partial charge is 0.394 e. The van der Waals surface area contributed by atoms with E-state index in [-0.39, 0.29) is 6.54 Å². The Balaban J connectivity index is 2.87. The van der Waals surface area contributed by atoms with Crippen LogP contribution in [0.25, 0.3) is 0 Å². The lowest BCUT2D eigenvalue weighted by molar-refractivity contribution is -0.188. The zero-order valence-corrected chi connectivity index (χ0v) is 9.49. The Hall–Kier alpha value is -1.27. The van der Waals surface area contributed by atoms with E-state index < -0.39 is 42.4 Å². The molecular formula is C10H14F3NO3. The maximum Gasteiger partial charge on any atom is 0.394 e. The molecule has 0 aliphatic carbocycles. The number of halogens is 3. The number of carboxylic acids is 1. The second-order valence-corrected chi connectivity index (χ2v) is 4.49. The minimum absolute atomic E-state index is 0.365. The number of hydrogen-bond acceptors (Lipinski definition) is 2. The second-order valence-electron chi connectivity index (χ2n) is 4.49. The number of carbonyl (C=O) groups excluding carboxylic acids is 1. The third-order valence-corrected chi connectivity index (χ3v) is 2.86. The van der Waals surface area contributed by atoms with Crippen molar-refractivity contribution in [2.75, 3.05) is 13.1 Å². The highest BCUT2D eigenvalue weighted by Crippen LogP contribution is 2.38. The average molecular weight is 253 g/mol. The lowest BCUT2D eigenvalue weighted by atomic mass is 9.96. The van der Waals surface area contributed by atoms with E-state index in [0.29, 0.717) is 0 Å². The number of hydrogen-bond donors (Lipinski definition) is 1. The fourth-order valence-corrected chi connectivity index (χ4v) is 1.93. The van der Waals surface area contributed by atoms with Crippen molar-refractivity contribution in [1.82, 2.24) is 4.90 Å². The molecule has 1 saturated heterocycles. The molecule has 0 aromatic rings. The molecule has 2 atom stereocenters. The van der Waals surface area contributed by atoms with Gasteiger partial charge in [-0.25, -0.2) is 0 Å². The SMILES string of the molecule is CC(C)C(=O)N1C[C@H](C(=O)O)[C@@H](C(F)(F)F)C1. The third-order valence-electron chi connectivity index (χ3n) is 2.86. The van der Waals surface area contributed by atoms with E-state index in [1.807, 2.05) is 0 Å². The van der Waals surface area contributed by atoms with Gasteiger partial charge in [-0.05, 0) is 0 Å². The zero-order chi connectivity index (χ0) is 13.4. The molecule has 0 radical (unpaired) electrons. The van der Waals surface area contributed by atoms with Crippen LogP contribution >= 0.6 is 0 Å². The second kappa shape index (κ2) is 4.54. The van der Waals surface area contributed by atoms with Crippen LogP contribution in [0.3, 0.4) is 0 Å². The summed E-state index contributed by atoms with van der Waals surface area (Å²) in [6, 6.07) is 0. The molecule has 1 N–H and O–H groups in total. The van der Waals surface area contributed by atoms with Gasteiger partial charge in [-0.1, -0.05) is 13.8 Å². The molecule has 1 aliphatic heterocycles. The van der Waals surface area contributed by atoms with Crippen LogP contribution in [-0.2, 0) is 9.59 Å². The number of carbonyl (C=O) groups is 2. The quantitative estimate of drug-likeness (QED) is 0.808. The molecule has 4 nitrogen and oxygen atoms in total. The van der Waals surface area contributed by atoms with Crippen molar-refractivity contribution in [3.63, 3.8) is 0 Å². The Morgan fingerprint density at radius 2 is 1.82 bits per heavy atom. The number of amides is 1. The average Bonchev–Trinajstić information content (AvgIpc) is 2.59. The third kappa shape index (κ3) is 2.89. The normalized spacial score (nSPS) is 25.4. The fourth-order valence-electron chi connectivity index (χ4n) is 1.93. The number of likely N-dealkylation sites (tertiary alicyclic amines) is 1. The maximum absolute atomic E-state index is 12.6. The van der Waals surface area contributed by atoms with Gasteiger partial charge in [0.15, 0.2) is 0 Å². The van der Waals surface area contributed by atoms with Crippen LogP contribution in [0.15, 0.2) is 0 Å². The summed E-state index contributed by atoms with van der Waals surface area (Å²) in [7, 11) is 0. The minimum Gasteiger partial charge on any atom is -0.481 e. The van der Waals surface area contributed by atoms with Gasteiger partial charge in [0.1, 0.15) is 0 Å². The van der Waals surface area contributed by atoms with E-state index in [4.69, 9.17) is 5.11 Å². The van der Waals surface area contributed by atoms with Crippen molar-refractivity contribution >= 4 is 11.9 Å². The first kappa shape index (κ1) is 13.8. The van der Waals surface area contributed by atoms with Gasteiger partial charge in [0, 0.05) is 19.0 Å². The summed E-state index contributed by atoms with van der Waals surface area (Å²) in [5.74, 6) is -5.91. The summed E-state index contributed by atoms with van der Waals surface area (Å²) in [5, 5.41) is 8.75. The van der Waals surface area contributed by atoms with Gasteiger partial charge >= 0.3 is 12.1 Å². The van der Waals surface area contributed by atoms with Crippen LogP contribution in [0.1, 0.15) is 13.8 Å². The van der Waals surface area contributed by atoms with E-state index in [1.165, 1.54) is 0 Å². The molecule has 0 aromatic carbocycles.